The fourth-order valence-corrected chi connectivity index (χ4v) is 12.4. The molecule has 4 heteroatoms. The second kappa shape index (κ2) is 13.5. The van der Waals surface area contributed by atoms with Crippen LogP contribution >= 0.6 is 34.0 Å². The van der Waals surface area contributed by atoms with Gasteiger partial charge in [-0.2, -0.15) is 0 Å². The average molecular weight is 792 g/mol. The first-order valence-electron chi connectivity index (χ1n) is 19.6. The Balaban J connectivity index is 1.25. The van der Waals surface area contributed by atoms with Crippen molar-refractivity contribution in [2.24, 2.45) is 0 Å². The molecule has 0 radical (unpaired) electrons. The van der Waals surface area contributed by atoms with Crippen molar-refractivity contribution in [2.45, 2.75) is 0 Å². The van der Waals surface area contributed by atoms with Gasteiger partial charge in [0.25, 0.3) is 0 Å². The highest BCUT2D eigenvalue weighted by Crippen LogP contribution is 2.54. The molecule has 0 aliphatic heterocycles. The summed E-state index contributed by atoms with van der Waals surface area (Å²) in [6.45, 7) is 0. The minimum absolute atomic E-state index is 1.18. The molecule has 12 rings (SSSR count). The van der Waals surface area contributed by atoms with E-state index in [0.29, 0.717) is 0 Å². The van der Waals surface area contributed by atoms with Gasteiger partial charge in [0.2, 0.25) is 0 Å². The third-order valence-electron chi connectivity index (χ3n) is 11.5. The largest absolute Gasteiger partial charge is 0.308 e. The smallest absolute Gasteiger partial charge is 0.0561 e. The zero-order valence-corrected chi connectivity index (χ0v) is 33.7. The van der Waals surface area contributed by atoms with Gasteiger partial charge >= 0.3 is 0 Å². The van der Waals surface area contributed by atoms with Crippen LogP contribution in [0.3, 0.4) is 0 Å². The van der Waals surface area contributed by atoms with E-state index in [1.807, 2.05) is 34.0 Å². The van der Waals surface area contributed by atoms with E-state index in [9.17, 15) is 0 Å². The number of thiophene rings is 3. The lowest BCUT2D eigenvalue weighted by atomic mass is 9.97. The first kappa shape index (κ1) is 33.6. The molecule has 0 fully saturated rings. The number of benzene rings is 9. The highest BCUT2D eigenvalue weighted by Gasteiger charge is 2.27. The molecule has 9 aromatic carbocycles. The maximum Gasteiger partial charge on any atom is 0.0561 e. The van der Waals surface area contributed by atoms with Crippen LogP contribution in [0.15, 0.2) is 200 Å². The summed E-state index contributed by atoms with van der Waals surface area (Å²) in [5.74, 6) is 0. The number of fused-ring (bicyclic) bond motifs is 9. The van der Waals surface area contributed by atoms with Gasteiger partial charge in [-0.1, -0.05) is 152 Å². The van der Waals surface area contributed by atoms with E-state index in [1.54, 1.807) is 0 Å². The second-order valence-electron chi connectivity index (χ2n) is 14.8. The van der Waals surface area contributed by atoms with E-state index in [0.717, 1.165) is 0 Å². The molecule has 0 bridgehead atoms. The lowest BCUT2D eigenvalue weighted by molar-refractivity contribution is 1.34. The lowest BCUT2D eigenvalue weighted by Gasteiger charge is -2.29. The molecule has 0 amide bonds. The van der Waals surface area contributed by atoms with Gasteiger partial charge in [-0.05, 0) is 81.9 Å². The molecule has 272 valence electrons. The lowest BCUT2D eigenvalue weighted by Crippen LogP contribution is -2.11. The summed E-state index contributed by atoms with van der Waals surface area (Å²) in [6, 6.07) is 73.9. The molecule has 12 aromatic rings. The van der Waals surface area contributed by atoms with Gasteiger partial charge in [-0.25, -0.2) is 0 Å². The van der Waals surface area contributed by atoms with Crippen LogP contribution in [0.1, 0.15) is 0 Å². The molecule has 0 N–H and O–H groups in total. The minimum atomic E-state index is 1.18. The Bertz CT molecular complexity index is 3500. The van der Waals surface area contributed by atoms with Crippen molar-refractivity contribution in [1.29, 1.82) is 0 Å². The molecule has 1 nitrogen and oxygen atoms in total. The first-order chi connectivity index (χ1) is 28.8. The third-order valence-corrected chi connectivity index (χ3v) is 14.9. The summed E-state index contributed by atoms with van der Waals surface area (Å²) in [5.41, 5.74) is 10.9. The van der Waals surface area contributed by atoms with Crippen molar-refractivity contribution in [3.63, 3.8) is 0 Å². The van der Waals surface area contributed by atoms with E-state index in [4.69, 9.17) is 0 Å². The van der Waals surface area contributed by atoms with E-state index >= 15 is 0 Å². The van der Waals surface area contributed by atoms with Crippen molar-refractivity contribution < 1.29 is 0 Å². The molecule has 0 spiro atoms. The van der Waals surface area contributed by atoms with Crippen molar-refractivity contribution in [2.75, 3.05) is 4.90 Å². The highest BCUT2D eigenvalue weighted by molar-refractivity contribution is 7.27. The van der Waals surface area contributed by atoms with Crippen molar-refractivity contribution in [3.8, 4) is 33.4 Å². The van der Waals surface area contributed by atoms with Crippen LogP contribution in [-0.4, -0.2) is 0 Å². The van der Waals surface area contributed by atoms with Crippen LogP contribution in [0.4, 0.5) is 17.1 Å². The minimum Gasteiger partial charge on any atom is -0.308 e. The fraction of sp³-hybridized carbons (Fsp3) is 0. The zero-order valence-electron chi connectivity index (χ0n) is 31.2. The normalized spacial score (nSPS) is 11.8. The fourth-order valence-electron chi connectivity index (χ4n) is 8.84. The van der Waals surface area contributed by atoms with Gasteiger partial charge in [0.15, 0.2) is 0 Å². The molecule has 3 heterocycles. The molecule has 0 aliphatic rings. The average Bonchev–Trinajstić information content (AvgIpc) is 3.99. The quantitative estimate of drug-likeness (QED) is 0.162. The number of hydrogen-bond donors (Lipinski definition) is 0. The number of nitrogens with zero attached hydrogens (tertiary/aromatic N) is 1. The van der Waals surface area contributed by atoms with Crippen LogP contribution in [-0.2, 0) is 0 Å². The van der Waals surface area contributed by atoms with E-state index in [1.165, 1.54) is 111 Å². The maximum atomic E-state index is 2.61. The molecular formula is C54H33NS3. The Kier molecular flexibility index (Phi) is 7.83. The van der Waals surface area contributed by atoms with Gasteiger partial charge in [0.1, 0.15) is 0 Å². The summed E-state index contributed by atoms with van der Waals surface area (Å²) in [5, 5.41) is 7.67. The molecule has 0 saturated carbocycles. The monoisotopic (exact) mass is 791 g/mol. The molecule has 0 saturated heterocycles. The van der Waals surface area contributed by atoms with Gasteiger partial charge in [-0.3, -0.25) is 0 Å². The molecule has 3 aromatic heterocycles. The number of anilines is 3. The Morgan fingerprint density at radius 1 is 0.276 bits per heavy atom. The zero-order chi connectivity index (χ0) is 38.2. The summed E-state index contributed by atoms with van der Waals surface area (Å²) in [7, 11) is 0. The van der Waals surface area contributed by atoms with Gasteiger partial charge < -0.3 is 4.90 Å². The van der Waals surface area contributed by atoms with E-state index in [-0.39, 0.29) is 0 Å². The number of rotatable bonds is 6. The van der Waals surface area contributed by atoms with Crippen molar-refractivity contribution in [3.05, 3.63) is 200 Å². The van der Waals surface area contributed by atoms with Gasteiger partial charge in [-0.15, -0.1) is 34.0 Å². The number of hydrogen-bond acceptors (Lipinski definition) is 4. The molecular weight excluding hydrogens is 759 g/mol. The molecule has 0 unspecified atom stereocenters. The summed E-state index contributed by atoms with van der Waals surface area (Å²) >= 11 is 5.67. The Hall–Kier alpha value is -6.56. The van der Waals surface area contributed by atoms with Crippen molar-refractivity contribution in [1.82, 2.24) is 0 Å². The van der Waals surface area contributed by atoms with Crippen LogP contribution in [0, 0.1) is 0 Å². The third kappa shape index (κ3) is 5.34. The highest BCUT2D eigenvalue weighted by atomic mass is 32.1. The second-order valence-corrected chi connectivity index (χ2v) is 18.0. The maximum absolute atomic E-state index is 2.61. The summed E-state index contributed by atoms with van der Waals surface area (Å²) in [6.07, 6.45) is 0. The predicted molar refractivity (Wildman–Crippen MR) is 256 cm³/mol. The summed E-state index contributed by atoms with van der Waals surface area (Å²) in [4.78, 5) is 2.61. The first-order valence-corrected chi connectivity index (χ1v) is 22.0. The Morgan fingerprint density at radius 2 is 0.810 bits per heavy atom. The van der Waals surface area contributed by atoms with E-state index in [2.05, 4.69) is 205 Å². The van der Waals surface area contributed by atoms with Crippen LogP contribution in [0.25, 0.3) is 93.9 Å². The Morgan fingerprint density at radius 3 is 1.52 bits per heavy atom. The van der Waals surface area contributed by atoms with Gasteiger partial charge in [0, 0.05) is 60.5 Å². The van der Waals surface area contributed by atoms with Crippen LogP contribution in [0.2, 0.25) is 0 Å². The predicted octanol–water partition coefficient (Wildman–Crippen LogP) is 17.3. The molecule has 0 aliphatic carbocycles. The topological polar surface area (TPSA) is 3.24 Å². The Labute approximate surface area is 347 Å². The summed E-state index contributed by atoms with van der Waals surface area (Å²) < 4.78 is 7.74. The molecule has 0 atom stereocenters. The standard InChI is InChI=1S/C54H33NS3/c1-4-15-34(16-5-1)37-27-28-42-49(32-37)58-54-39(36-19-8-3-9-20-36)29-30-44(53(42)54)55(43-23-14-26-48-51(43)40-21-10-12-24-46(40)56-48)45-31-38(35-17-6-2-7-18-35)33-50-52(45)41-22-11-13-25-47(41)57-50/h1-33H. The molecule has 58 heavy (non-hydrogen) atoms. The SMILES string of the molecule is c1ccc(-c2ccc3c(c2)sc2c(-c4ccccc4)ccc(N(c4cccc5sc6ccccc6c45)c4cc(-c5ccccc5)cc5sc6ccccc6c45)c23)cc1. The van der Waals surface area contributed by atoms with Crippen molar-refractivity contribution >= 4 is 112 Å². The van der Waals surface area contributed by atoms with Crippen LogP contribution in [0.5, 0.6) is 0 Å². The van der Waals surface area contributed by atoms with Crippen LogP contribution < -0.4 is 4.90 Å². The van der Waals surface area contributed by atoms with Gasteiger partial charge in [0.05, 0.1) is 17.1 Å². The van der Waals surface area contributed by atoms with E-state index < -0.39 is 0 Å².